The molecule has 1 atom stereocenters. The van der Waals surface area contributed by atoms with E-state index in [0.717, 1.165) is 10.8 Å². The molecule has 2 N–H and O–H groups in total. The molecule has 0 radical (unpaired) electrons. The van der Waals surface area contributed by atoms with Crippen molar-refractivity contribution in [3.05, 3.63) is 52.7 Å². The maximum absolute atomic E-state index is 12.2. The highest BCUT2D eigenvalue weighted by molar-refractivity contribution is 6.35. The normalized spacial score (nSPS) is 16.9. The van der Waals surface area contributed by atoms with Gasteiger partial charge in [0, 0.05) is 15.8 Å². The van der Waals surface area contributed by atoms with Crippen LogP contribution in [-0.4, -0.2) is 31.3 Å². The summed E-state index contributed by atoms with van der Waals surface area (Å²) in [6, 6.07) is 10.3. The lowest BCUT2D eigenvalue weighted by molar-refractivity contribution is -0.139. The number of carbonyl (C=O) groups is 2. The van der Waals surface area contributed by atoms with E-state index in [-0.39, 0.29) is 19.2 Å². The second-order valence-electron chi connectivity index (χ2n) is 5.81. The largest absolute Gasteiger partial charge is 0.487 e. The fourth-order valence-electron chi connectivity index (χ4n) is 2.90. The molecule has 0 fully saturated rings. The summed E-state index contributed by atoms with van der Waals surface area (Å²) < 4.78 is 11.0. The standard InChI is InChI=1S/C19H19ClN2O4/c1-3-25-18(23)17-11(2)21-19(24)22-15(17)10-26-16-9-8-14(20)12-6-4-5-7-13(12)16/h4-9,11H,3,10H2,1-2H3,(H2,21,22,24). The average Bonchev–Trinajstić information content (AvgIpc) is 2.61. The van der Waals surface area contributed by atoms with Crippen molar-refractivity contribution in [2.75, 3.05) is 13.2 Å². The highest BCUT2D eigenvalue weighted by Crippen LogP contribution is 2.31. The quantitative estimate of drug-likeness (QED) is 0.786. The number of hydrogen-bond acceptors (Lipinski definition) is 4. The minimum absolute atomic E-state index is 0.0253. The van der Waals surface area contributed by atoms with Gasteiger partial charge in [0.15, 0.2) is 0 Å². The monoisotopic (exact) mass is 374 g/mol. The maximum Gasteiger partial charge on any atom is 0.338 e. The van der Waals surface area contributed by atoms with Gasteiger partial charge in [0.05, 0.1) is 23.9 Å². The Kier molecular flexibility index (Phi) is 5.32. The van der Waals surface area contributed by atoms with E-state index in [2.05, 4.69) is 10.6 Å². The second kappa shape index (κ2) is 7.66. The zero-order valence-electron chi connectivity index (χ0n) is 14.5. The van der Waals surface area contributed by atoms with Crippen molar-refractivity contribution in [1.29, 1.82) is 0 Å². The molecule has 136 valence electrons. The van der Waals surface area contributed by atoms with Gasteiger partial charge in [0.1, 0.15) is 12.4 Å². The minimum atomic E-state index is -0.480. The first kappa shape index (κ1) is 18.1. The summed E-state index contributed by atoms with van der Waals surface area (Å²) in [6.07, 6.45) is 0. The number of rotatable bonds is 5. The van der Waals surface area contributed by atoms with Crippen molar-refractivity contribution >= 4 is 34.4 Å². The Labute approximate surface area is 156 Å². The molecule has 2 amide bonds. The van der Waals surface area contributed by atoms with E-state index >= 15 is 0 Å². The van der Waals surface area contributed by atoms with E-state index in [1.54, 1.807) is 26.0 Å². The molecular formula is C19H19ClN2O4. The van der Waals surface area contributed by atoms with E-state index < -0.39 is 12.0 Å². The molecule has 1 aliphatic heterocycles. The number of esters is 1. The van der Waals surface area contributed by atoms with Gasteiger partial charge in [-0.15, -0.1) is 0 Å². The topological polar surface area (TPSA) is 76.7 Å². The first-order valence-electron chi connectivity index (χ1n) is 8.29. The van der Waals surface area contributed by atoms with Crippen molar-refractivity contribution in [1.82, 2.24) is 10.6 Å². The molecule has 0 aromatic heterocycles. The predicted molar refractivity (Wildman–Crippen MR) is 99.2 cm³/mol. The van der Waals surface area contributed by atoms with E-state index in [4.69, 9.17) is 21.1 Å². The second-order valence-corrected chi connectivity index (χ2v) is 6.22. The molecule has 1 heterocycles. The van der Waals surface area contributed by atoms with Crippen LogP contribution in [0.2, 0.25) is 5.02 Å². The lowest BCUT2D eigenvalue weighted by Gasteiger charge is -2.26. The fourth-order valence-corrected chi connectivity index (χ4v) is 3.13. The van der Waals surface area contributed by atoms with Gasteiger partial charge in [-0.05, 0) is 26.0 Å². The molecule has 26 heavy (non-hydrogen) atoms. The highest BCUT2D eigenvalue weighted by Gasteiger charge is 2.30. The SMILES string of the molecule is CCOC(=O)C1=C(COc2ccc(Cl)c3ccccc23)NC(=O)NC1C. The van der Waals surface area contributed by atoms with E-state index in [1.807, 2.05) is 24.3 Å². The van der Waals surface area contributed by atoms with Gasteiger partial charge in [-0.25, -0.2) is 9.59 Å². The van der Waals surface area contributed by atoms with Crippen LogP contribution in [0.1, 0.15) is 13.8 Å². The number of urea groups is 1. The molecule has 1 aliphatic rings. The molecule has 6 nitrogen and oxygen atoms in total. The van der Waals surface area contributed by atoms with Gasteiger partial charge in [-0.2, -0.15) is 0 Å². The Morgan fingerprint density at radius 3 is 2.65 bits per heavy atom. The van der Waals surface area contributed by atoms with Crippen LogP contribution in [0.3, 0.4) is 0 Å². The number of hydrogen-bond donors (Lipinski definition) is 2. The van der Waals surface area contributed by atoms with Crippen LogP contribution in [0.15, 0.2) is 47.7 Å². The lowest BCUT2D eigenvalue weighted by atomic mass is 10.0. The molecule has 0 saturated carbocycles. The summed E-state index contributed by atoms with van der Waals surface area (Å²) in [5, 5.41) is 7.65. The van der Waals surface area contributed by atoms with Crippen molar-refractivity contribution in [3.8, 4) is 5.75 Å². The number of halogens is 1. The summed E-state index contributed by atoms with van der Waals surface area (Å²) in [5.41, 5.74) is 0.739. The number of carbonyl (C=O) groups excluding carboxylic acids is 2. The minimum Gasteiger partial charge on any atom is -0.487 e. The van der Waals surface area contributed by atoms with Crippen molar-refractivity contribution < 1.29 is 19.1 Å². The number of benzene rings is 2. The molecule has 0 spiro atoms. The number of ether oxygens (including phenoxy) is 2. The summed E-state index contributed by atoms with van der Waals surface area (Å²) in [4.78, 5) is 24.0. The average molecular weight is 375 g/mol. The molecule has 3 rings (SSSR count). The van der Waals surface area contributed by atoms with E-state index in [9.17, 15) is 9.59 Å². The van der Waals surface area contributed by atoms with Gasteiger partial charge in [0.2, 0.25) is 0 Å². The van der Waals surface area contributed by atoms with Crippen LogP contribution >= 0.6 is 11.6 Å². The molecule has 2 aromatic rings. The van der Waals surface area contributed by atoms with Crippen LogP contribution in [0.25, 0.3) is 10.8 Å². The molecule has 0 saturated heterocycles. The van der Waals surface area contributed by atoms with Crippen molar-refractivity contribution in [2.45, 2.75) is 19.9 Å². The Hall–Kier alpha value is -2.73. The van der Waals surface area contributed by atoms with Crippen LogP contribution in [-0.2, 0) is 9.53 Å². The summed E-state index contributed by atoms with van der Waals surface area (Å²) >= 11 is 6.22. The van der Waals surface area contributed by atoms with Gasteiger partial charge in [-0.3, -0.25) is 0 Å². The Morgan fingerprint density at radius 1 is 1.19 bits per heavy atom. The molecule has 1 unspecified atom stereocenters. The fraction of sp³-hybridized carbons (Fsp3) is 0.263. The number of nitrogens with one attached hydrogen (secondary N) is 2. The molecule has 2 aromatic carbocycles. The number of fused-ring (bicyclic) bond motifs is 1. The van der Waals surface area contributed by atoms with Gasteiger partial charge in [-0.1, -0.05) is 35.9 Å². The first-order chi connectivity index (χ1) is 12.5. The van der Waals surface area contributed by atoms with Gasteiger partial charge >= 0.3 is 12.0 Å². The summed E-state index contributed by atoms with van der Waals surface area (Å²) in [7, 11) is 0. The van der Waals surface area contributed by atoms with Crippen molar-refractivity contribution in [2.24, 2.45) is 0 Å². The Balaban J connectivity index is 1.91. The van der Waals surface area contributed by atoms with Crippen LogP contribution in [0.4, 0.5) is 4.79 Å². The van der Waals surface area contributed by atoms with Crippen LogP contribution < -0.4 is 15.4 Å². The molecule has 0 aliphatic carbocycles. The zero-order valence-corrected chi connectivity index (χ0v) is 15.2. The van der Waals surface area contributed by atoms with Gasteiger partial charge in [0.25, 0.3) is 0 Å². The van der Waals surface area contributed by atoms with Crippen LogP contribution in [0.5, 0.6) is 5.75 Å². The third kappa shape index (κ3) is 3.60. The maximum atomic E-state index is 12.2. The smallest absolute Gasteiger partial charge is 0.338 e. The summed E-state index contributed by atoms with van der Waals surface area (Å²) in [6.45, 7) is 3.73. The molecule has 7 heteroatoms. The summed E-state index contributed by atoms with van der Waals surface area (Å²) in [5.74, 6) is 0.133. The Morgan fingerprint density at radius 2 is 1.92 bits per heavy atom. The molecular weight excluding hydrogens is 356 g/mol. The Bertz CT molecular complexity index is 894. The third-order valence-electron chi connectivity index (χ3n) is 4.07. The van der Waals surface area contributed by atoms with E-state index in [0.29, 0.717) is 22.0 Å². The third-order valence-corrected chi connectivity index (χ3v) is 4.40. The lowest BCUT2D eigenvalue weighted by Crippen LogP contribution is -2.50. The van der Waals surface area contributed by atoms with Crippen molar-refractivity contribution in [3.63, 3.8) is 0 Å². The predicted octanol–water partition coefficient (Wildman–Crippen LogP) is 3.39. The van der Waals surface area contributed by atoms with Gasteiger partial charge < -0.3 is 20.1 Å². The number of amides is 2. The zero-order chi connectivity index (χ0) is 18.7. The highest BCUT2D eigenvalue weighted by atomic mass is 35.5. The molecule has 0 bridgehead atoms. The first-order valence-corrected chi connectivity index (χ1v) is 8.66. The van der Waals surface area contributed by atoms with Crippen LogP contribution in [0, 0.1) is 0 Å². The van der Waals surface area contributed by atoms with E-state index in [1.165, 1.54) is 0 Å².